The van der Waals surface area contributed by atoms with Crippen LogP contribution in [-0.2, 0) is 0 Å². The molecule has 0 radical (unpaired) electrons. The minimum absolute atomic E-state index is 0.108. The second-order valence-electron chi connectivity index (χ2n) is 6.00. The predicted octanol–water partition coefficient (Wildman–Crippen LogP) is 2.47. The van der Waals surface area contributed by atoms with Gasteiger partial charge in [0, 0.05) is 39.4 Å². The lowest BCUT2D eigenvalue weighted by atomic mass is 10.1. The number of carbonyl (C=O) groups excluding carboxylic acids is 1. The molecule has 27 heavy (non-hydrogen) atoms. The number of hydrogen-bond donors (Lipinski definition) is 1. The van der Waals surface area contributed by atoms with E-state index in [1.807, 2.05) is 4.90 Å². The summed E-state index contributed by atoms with van der Waals surface area (Å²) in [4.78, 5) is 25.2. The molecule has 0 unspecified atom stereocenters. The number of amides is 1. The molecule has 1 N–H and O–H groups in total. The topological polar surface area (TPSA) is 70.6 Å². The zero-order valence-electron chi connectivity index (χ0n) is 14.9. The molecule has 0 bridgehead atoms. The largest absolute Gasteiger partial charge is 0.434 e. The Bertz CT molecular complexity index is 790. The van der Waals surface area contributed by atoms with Gasteiger partial charge >= 0.3 is 6.61 Å². The summed E-state index contributed by atoms with van der Waals surface area (Å²) in [5.41, 5.74) is 0.139. The van der Waals surface area contributed by atoms with E-state index in [1.165, 1.54) is 12.1 Å². The van der Waals surface area contributed by atoms with Crippen LogP contribution >= 0.6 is 0 Å². The van der Waals surface area contributed by atoms with E-state index >= 15 is 0 Å². The molecule has 1 aliphatic heterocycles. The number of ether oxygens (including phenoxy) is 1. The average molecular weight is 377 g/mol. The number of anilines is 2. The highest BCUT2D eigenvalue weighted by atomic mass is 19.3. The molecule has 0 spiro atoms. The van der Waals surface area contributed by atoms with E-state index in [0.717, 1.165) is 12.2 Å². The molecular weight excluding hydrogens is 356 g/mol. The molecular formula is C18H21F2N5O2. The van der Waals surface area contributed by atoms with Crippen LogP contribution in [0.4, 0.5) is 20.5 Å². The average Bonchev–Trinajstić information content (AvgIpc) is 2.94. The standard InChI is InChI=1S/C18H21F2N5O2/c1-21-15-7-8-22-18(23-15)25-10-4-9-24(11-12-25)16(26)13-5-2-3-6-14(13)27-17(19)20/h2-3,5-8,17H,4,9-12H2,1H3,(H,21,22,23). The van der Waals surface area contributed by atoms with E-state index in [-0.39, 0.29) is 17.2 Å². The van der Waals surface area contributed by atoms with Gasteiger partial charge in [0.2, 0.25) is 5.95 Å². The van der Waals surface area contributed by atoms with Crippen LogP contribution in [0.1, 0.15) is 16.8 Å². The predicted molar refractivity (Wildman–Crippen MR) is 97.4 cm³/mol. The van der Waals surface area contributed by atoms with Crippen molar-refractivity contribution in [3.63, 3.8) is 0 Å². The number of para-hydroxylation sites is 1. The first-order chi connectivity index (χ1) is 13.1. The van der Waals surface area contributed by atoms with Gasteiger partial charge in [-0.2, -0.15) is 13.8 Å². The fraction of sp³-hybridized carbons (Fsp3) is 0.389. The fourth-order valence-corrected chi connectivity index (χ4v) is 2.97. The molecule has 0 aliphatic carbocycles. The van der Waals surface area contributed by atoms with Gasteiger partial charge in [0.05, 0.1) is 5.56 Å². The second kappa shape index (κ2) is 8.61. The monoisotopic (exact) mass is 377 g/mol. The Hall–Kier alpha value is -2.97. The van der Waals surface area contributed by atoms with Gasteiger partial charge in [-0.3, -0.25) is 4.79 Å². The quantitative estimate of drug-likeness (QED) is 0.863. The summed E-state index contributed by atoms with van der Waals surface area (Å²) in [6, 6.07) is 7.84. The van der Waals surface area contributed by atoms with Gasteiger partial charge in [0.25, 0.3) is 5.91 Å². The lowest BCUT2D eigenvalue weighted by Gasteiger charge is -2.23. The number of nitrogens with one attached hydrogen (secondary N) is 1. The summed E-state index contributed by atoms with van der Waals surface area (Å²) in [5, 5.41) is 2.97. The molecule has 1 aliphatic rings. The summed E-state index contributed by atoms with van der Waals surface area (Å²) in [7, 11) is 1.79. The molecule has 1 aromatic heterocycles. The molecule has 0 saturated carbocycles. The Morgan fingerprint density at radius 2 is 2.00 bits per heavy atom. The third-order valence-corrected chi connectivity index (χ3v) is 4.30. The van der Waals surface area contributed by atoms with E-state index in [4.69, 9.17) is 0 Å². The molecule has 7 nitrogen and oxygen atoms in total. The zero-order chi connectivity index (χ0) is 19.2. The van der Waals surface area contributed by atoms with Crippen molar-refractivity contribution in [2.45, 2.75) is 13.0 Å². The minimum atomic E-state index is -2.98. The summed E-state index contributed by atoms with van der Waals surface area (Å²) in [6.45, 7) is -0.766. The third kappa shape index (κ3) is 4.60. The Morgan fingerprint density at radius 3 is 2.78 bits per heavy atom. The van der Waals surface area contributed by atoms with Crippen molar-refractivity contribution in [1.82, 2.24) is 14.9 Å². The van der Waals surface area contributed by atoms with E-state index in [9.17, 15) is 13.6 Å². The van der Waals surface area contributed by atoms with Crippen LogP contribution in [0.2, 0.25) is 0 Å². The van der Waals surface area contributed by atoms with E-state index in [2.05, 4.69) is 20.0 Å². The molecule has 1 fully saturated rings. The van der Waals surface area contributed by atoms with Crippen LogP contribution in [0, 0.1) is 0 Å². The van der Waals surface area contributed by atoms with Crippen molar-refractivity contribution in [2.75, 3.05) is 43.4 Å². The first-order valence-corrected chi connectivity index (χ1v) is 8.67. The Kier molecular flexibility index (Phi) is 6.00. The van der Waals surface area contributed by atoms with Gasteiger partial charge in [-0.15, -0.1) is 0 Å². The summed E-state index contributed by atoms with van der Waals surface area (Å²) < 4.78 is 29.7. The van der Waals surface area contributed by atoms with Crippen molar-refractivity contribution in [3.05, 3.63) is 42.1 Å². The van der Waals surface area contributed by atoms with Gasteiger partial charge in [-0.25, -0.2) is 4.98 Å². The van der Waals surface area contributed by atoms with Crippen molar-refractivity contribution in [1.29, 1.82) is 0 Å². The highest BCUT2D eigenvalue weighted by molar-refractivity contribution is 5.97. The molecule has 1 saturated heterocycles. The maximum Gasteiger partial charge on any atom is 0.387 e. The number of nitrogens with zero attached hydrogens (tertiary/aromatic N) is 4. The number of rotatable bonds is 5. The lowest BCUT2D eigenvalue weighted by Crippen LogP contribution is -2.36. The van der Waals surface area contributed by atoms with Gasteiger partial charge < -0.3 is 19.9 Å². The number of alkyl halides is 2. The van der Waals surface area contributed by atoms with Crippen LogP contribution in [0.15, 0.2) is 36.5 Å². The molecule has 0 atom stereocenters. The first-order valence-electron chi connectivity index (χ1n) is 8.67. The van der Waals surface area contributed by atoms with Crippen molar-refractivity contribution < 1.29 is 18.3 Å². The summed E-state index contributed by atoms with van der Waals surface area (Å²) >= 11 is 0. The number of carbonyl (C=O) groups is 1. The van der Waals surface area contributed by atoms with Crippen LogP contribution in [0.25, 0.3) is 0 Å². The van der Waals surface area contributed by atoms with E-state index in [0.29, 0.717) is 32.1 Å². The molecule has 9 heteroatoms. The van der Waals surface area contributed by atoms with Crippen LogP contribution < -0.4 is 15.0 Å². The highest BCUT2D eigenvalue weighted by Gasteiger charge is 2.24. The Morgan fingerprint density at radius 1 is 1.19 bits per heavy atom. The van der Waals surface area contributed by atoms with Crippen LogP contribution in [0.3, 0.4) is 0 Å². The molecule has 2 heterocycles. The normalized spacial score (nSPS) is 14.8. The second-order valence-corrected chi connectivity index (χ2v) is 6.00. The molecule has 3 rings (SSSR count). The van der Waals surface area contributed by atoms with Gasteiger partial charge in [0.1, 0.15) is 11.6 Å². The molecule has 2 aromatic rings. The summed E-state index contributed by atoms with van der Waals surface area (Å²) in [6.07, 6.45) is 2.40. The van der Waals surface area contributed by atoms with Gasteiger partial charge in [0.15, 0.2) is 0 Å². The SMILES string of the molecule is CNc1ccnc(N2CCCN(C(=O)c3ccccc3OC(F)F)CC2)n1. The molecule has 1 amide bonds. The highest BCUT2D eigenvalue weighted by Crippen LogP contribution is 2.23. The van der Waals surface area contributed by atoms with E-state index < -0.39 is 6.61 Å². The minimum Gasteiger partial charge on any atom is -0.434 e. The van der Waals surface area contributed by atoms with Crippen LogP contribution in [-0.4, -0.2) is 60.6 Å². The lowest BCUT2D eigenvalue weighted by molar-refractivity contribution is -0.0502. The third-order valence-electron chi connectivity index (χ3n) is 4.30. The number of halogens is 2. The molecule has 1 aromatic carbocycles. The molecule has 144 valence electrons. The Labute approximate surface area is 156 Å². The fourth-order valence-electron chi connectivity index (χ4n) is 2.97. The maximum absolute atomic E-state index is 12.8. The number of benzene rings is 1. The first kappa shape index (κ1) is 18.8. The van der Waals surface area contributed by atoms with Crippen LogP contribution in [0.5, 0.6) is 5.75 Å². The van der Waals surface area contributed by atoms with Crippen molar-refractivity contribution >= 4 is 17.7 Å². The van der Waals surface area contributed by atoms with Gasteiger partial charge in [-0.1, -0.05) is 12.1 Å². The number of hydrogen-bond acceptors (Lipinski definition) is 6. The van der Waals surface area contributed by atoms with E-state index in [1.54, 1.807) is 36.3 Å². The van der Waals surface area contributed by atoms with Gasteiger partial charge in [-0.05, 0) is 24.6 Å². The van der Waals surface area contributed by atoms with Crippen molar-refractivity contribution in [3.8, 4) is 5.75 Å². The van der Waals surface area contributed by atoms with Crippen molar-refractivity contribution in [2.24, 2.45) is 0 Å². The number of aromatic nitrogens is 2. The zero-order valence-corrected chi connectivity index (χ0v) is 14.9. The maximum atomic E-state index is 12.8. The summed E-state index contributed by atoms with van der Waals surface area (Å²) in [5.74, 6) is 0.884. The Balaban J connectivity index is 1.72. The smallest absolute Gasteiger partial charge is 0.387 e.